The van der Waals surface area contributed by atoms with Gasteiger partial charge in [-0.15, -0.1) is 0 Å². The van der Waals surface area contributed by atoms with Crippen LogP contribution in [0, 0.1) is 6.92 Å². The third-order valence-corrected chi connectivity index (χ3v) is 5.78. The van der Waals surface area contributed by atoms with E-state index < -0.39 is 0 Å². The highest BCUT2D eigenvalue weighted by atomic mass is 35.5. The fourth-order valence-electron chi connectivity index (χ4n) is 2.75. The number of carbonyl (C=O) groups excluding carboxylic acids is 1. The molecule has 1 N–H and O–H groups in total. The van der Waals surface area contributed by atoms with Crippen molar-refractivity contribution in [1.29, 1.82) is 0 Å². The molecule has 142 valence electrons. The van der Waals surface area contributed by atoms with Gasteiger partial charge in [0.25, 0.3) is 5.91 Å². The maximum absolute atomic E-state index is 13.2. The molecule has 0 spiro atoms. The molecule has 5 nitrogen and oxygen atoms in total. The number of anilines is 1. The molecule has 3 rings (SSSR count). The average Bonchev–Trinajstić information content (AvgIpc) is 3.08. The minimum absolute atomic E-state index is 0.0800. The van der Waals surface area contributed by atoms with Gasteiger partial charge in [0.15, 0.2) is 5.13 Å². The van der Waals surface area contributed by atoms with Crippen LogP contribution in [0.15, 0.2) is 36.4 Å². The van der Waals surface area contributed by atoms with Gasteiger partial charge in [0, 0.05) is 10.6 Å². The van der Waals surface area contributed by atoms with Gasteiger partial charge in [0.2, 0.25) is 0 Å². The predicted molar refractivity (Wildman–Crippen MR) is 112 cm³/mol. The number of amides is 1. The van der Waals surface area contributed by atoms with E-state index in [4.69, 9.17) is 21.3 Å². The summed E-state index contributed by atoms with van der Waals surface area (Å²) in [4.78, 5) is 21.0. The summed E-state index contributed by atoms with van der Waals surface area (Å²) < 4.78 is 6.49. The Balaban J connectivity index is 2.05. The van der Waals surface area contributed by atoms with Crippen molar-refractivity contribution in [3.05, 3.63) is 52.5 Å². The molecule has 0 saturated carbocycles. The van der Waals surface area contributed by atoms with Crippen LogP contribution in [-0.2, 0) is 0 Å². The average molecular weight is 405 g/mol. The van der Waals surface area contributed by atoms with Gasteiger partial charge in [0.1, 0.15) is 11.3 Å². The van der Waals surface area contributed by atoms with E-state index in [1.54, 1.807) is 36.3 Å². The highest BCUT2D eigenvalue weighted by Gasteiger charge is 2.23. The number of halogens is 1. The van der Waals surface area contributed by atoms with Gasteiger partial charge < -0.3 is 9.64 Å². The first-order valence-electron chi connectivity index (χ1n) is 8.71. The Hall–Kier alpha value is -2.15. The van der Waals surface area contributed by atoms with Crippen LogP contribution in [0.1, 0.15) is 15.9 Å². The fraction of sp³-hybridized carbons (Fsp3) is 0.300. The molecule has 0 atom stereocenters. The molecule has 3 aromatic rings. The lowest BCUT2D eigenvalue weighted by Gasteiger charge is -2.20. The van der Waals surface area contributed by atoms with Gasteiger partial charge in [-0.2, -0.15) is 0 Å². The maximum Gasteiger partial charge on any atom is 0.260 e. The number of aryl methyl sites for hydroxylation is 1. The molecular formula is C20H23ClN3O2S+. The predicted octanol–water partition coefficient (Wildman–Crippen LogP) is 3.06. The monoisotopic (exact) mass is 404 g/mol. The van der Waals surface area contributed by atoms with Gasteiger partial charge in [-0.05, 0) is 42.8 Å². The van der Waals surface area contributed by atoms with E-state index in [9.17, 15) is 4.79 Å². The molecule has 0 aliphatic heterocycles. The van der Waals surface area contributed by atoms with E-state index in [1.807, 2.05) is 19.1 Å². The lowest BCUT2D eigenvalue weighted by atomic mass is 10.2. The number of ether oxygens (including phenoxy) is 1. The Bertz CT molecular complexity index is 954. The molecule has 0 aliphatic rings. The molecule has 1 amide bonds. The topological polar surface area (TPSA) is 46.9 Å². The maximum atomic E-state index is 13.2. The number of nitrogens with one attached hydrogen (secondary N) is 1. The number of rotatable bonds is 6. The molecule has 0 radical (unpaired) electrons. The van der Waals surface area contributed by atoms with Gasteiger partial charge in [-0.25, -0.2) is 4.98 Å². The number of methoxy groups -OCH3 is 1. The van der Waals surface area contributed by atoms with Crippen LogP contribution in [0.5, 0.6) is 5.75 Å². The third kappa shape index (κ3) is 4.24. The molecule has 0 unspecified atom stereocenters. The number of quaternary nitrogens is 1. The number of thiazole rings is 1. The summed E-state index contributed by atoms with van der Waals surface area (Å²) in [5, 5.41) is 1.29. The van der Waals surface area contributed by atoms with Crippen molar-refractivity contribution in [2.24, 2.45) is 0 Å². The molecule has 0 saturated heterocycles. The van der Waals surface area contributed by atoms with Crippen molar-refractivity contribution in [3.63, 3.8) is 0 Å². The first-order chi connectivity index (χ1) is 12.9. The standard InChI is InChI=1S/C20H22ClN3O2S/c1-13-5-10-16(26-4)17-18(13)27-20(22-17)24(12-11-23(2)3)19(25)14-6-8-15(21)9-7-14/h5-10H,11-12H2,1-4H3/p+1. The quantitative estimate of drug-likeness (QED) is 0.686. The summed E-state index contributed by atoms with van der Waals surface area (Å²) in [7, 11) is 5.77. The normalized spacial score (nSPS) is 11.2. The van der Waals surface area contributed by atoms with Crippen molar-refractivity contribution in [2.45, 2.75) is 6.92 Å². The summed E-state index contributed by atoms with van der Waals surface area (Å²) in [5.74, 6) is 0.638. The minimum atomic E-state index is -0.0800. The summed E-state index contributed by atoms with van der Waals surface area (Å²) in [6.45, 7) is 3.43. The van der Waals surface area contributed by atoms with Crippen molar-refractivity contribution < 1.29 is 14.4 Å². The zero-order chi connectivity index (χ0) is 19.6. The molecule has 0 fully saturated rings. The van der Waals surface area contributed by atoms with Crippen LogP contribution >= 0.6 is 22.9 Å². The Morgan fingerprint density at radius 2 is 1.93 bits per heavy atom. The zero-order valence-electron chi connectivity index (χ0n) is 15.9. The van der Waals surface area contributed by atoms with Crippen LogP contribution in [0.3, 0.4) is 0 Å². The summed E-state index contributed by atoms with van der Waals surface area (Å²) >= 11 is 7.49. The highest BCUT2D eigenvalue weighted by molar-refractivity contribution is 7.22. The van der Waals surface area contributed by atoms with Gasteiger partial charge in [-0.3, -0.25) is 9.69 Å². The highest BCUT2D eigenvalue weighted by Crippen LogP contribution is 2.36. The number of fused-ring (bicyclic) bond motifs is 1. The summed E-state index contributed by atoms with van der Waals surface area (Å²) in [6, 6.07) is 10.9. The lowest BCUT2D eigenvalue weighted by Crippen LogP contribution is -3.06. The number of nitrogens with zero attached hydrogens (tertiary/aromatic N) is 2. The molecular weight excluding hydrogens is 382 g/mol. The largest absolute Gasteiger partial charge is 0.494 e. The van der Waals surface area contributed by atoms with Crippen molar-refractivity contribution in [1.82, 2.24) is 4.98 Å². The Kier molecular flexibility index (Phi) is 5.99. The van der Waals surface area contributed by atoms with Gasteiger partial charge >= 0.3 is 0 Å². The molecule has 0 aliphatic carbocycles. The molecule has 7 heteroatoms. The zero-order valence-corrected chi connectivity index (χ0v) is 17.4. The van der Waals surface area contributed by atoms with Crippen LogP contribution in [0.2, 0.25) is 5.02 Å². The van der Waals surface area contributed by atoms with E-state index in [0.29, 0.717) is 22.3 Å². The number of carbonyl (C=O) groups is 1. The van der Waals surface area contributed by atoms with Crippen LogP contribution in [0.4, 0.5) is 5.13 Å². The molecule has 1 heterocycles. The molecule has 1 aromatic heterocycles. The molecule has 27 heavy (non-hydrogen) atoms. The number of hydrogen-bond donors (Lipinski definition) is 1. The van der Waals surface area contributed by atoms with Crippen LogP contribution < -0.4 is 14.5 Å². The van der Waals surface area contributed by atoms with Crippen LogP contribution in [0.25, 0.3) is 10.2 Å². The van der Waals surface area contributed by atoms with E-state index >= 15 is 0 Å². The van der Waals surface area contributed by atoms with Crippen molar-refractivity contribution in [2.75, 3.05) is 39.2 Å². The minimum Gasteiger partial charge on any atom is -0.494 e. The summed E-state index contributed by atoms with van der Waals surface area (Å²) in [6.07, 6.45) is 0. The van der Waals surface area contributed by atoms with E-state index in [2.05, 4.69) is 14.1 Å². The number of hydrogen-bond acceptors (Lipinski definition) is 4. The number of aromatic nitrogens is 1. The molecule has 0 bridgehead atoms. The summed E-state index contributed by atoms with van der Waals surface area (Å²) in [5.41, 5.74) is 2.51. The fourth-order valence-corrected chi connectivity index (χ4v) is 3.95. The SMILES string of the molecule is COc1ccc(C)c2sc(N(CC[NH+](C)C)C(=O)c3ccc(Cl)cc3)nc12. The third-order valence-electron chi connectivity index (χ3n) is 4.31. The Morgan fingerprint density at radius 1 is 1.22 bits per heavy atom. The number of likely N-dealkylation sites (N-methyl/N-ethyl adjacent to an activating group) is 1. The Morgan fingerprint density at radius 3 is 2.56 bits per heavy atom. The second kappa shape index (κ2) is 8.25. The molecule has 2 aromatic carbocycles. The first-order valence-corrected chi connectivity index (χ1v) is 9.90. The van der Waals surface area contributed by atoms with Gasteiger partial charge in [-0.1, -0.05) is 29.0 Å². The van der Waals surface area contributed by atoms with Gasteiger partial charge in [0.05, 0.1) is 39.0 Å². The van der Waals surface area contributed by atoms with Crippen molar-refractivity contribution >= 4 is 44.2 Å². The van der Waals surface area contributed by atoms with Crippen LogP contribution in [-0.4, -0.2) is 45.2 Å². The first kappa shape index (κ1) is 19.6. The second-order valence-corrected chi connectivity index (χ2v) is 8.09. The van der Waals surface area contributed by atoms with Crippen molar-refractivity contribution in [3.8, 4) is 5.75 Å². The second-order valence-electron chi connectivity index (χ2n) is 6.68. The smallest absolute Gasteiger partial charge is 0.260 e. The number of benzene rings is 2. The van der Waals surface area contributed by atoms with E-state index in [0.717, 1.165) is 28.1 Å². The Labute approximate surface area is 168 Å². The lowest BCUT2D eigenvalue weighted by molar-refractivity contribution is -0.856. The van der Waals surface area contributed by atoms with E-state index in [1.165, 1.54) is 16.2 Å². The van der Waals surface area contributed by atoms with E-state index in [-0.39, 0.29) is 5.91 Å².